The van der Waals surface area contributed by atoms with Crippen molar-refractivity contribution in [2.45, 2.75) is 38.0 Å². The maximum atomic E-state index is 11.0. The number of ether oxygens (including phenoxy) is 2. The third kappa shape index (κ3) is 3.00. The Hall–Kier alpha value is -2.00. The van der Waals surface area contributed by atoms with Gasteiger partial charge in [0, 0.05) is 12.0 Å². The van der Waals surface area contributed by atoms with Crippen LogP contribution in [-0.2, 0) is 15.9 Å². The molecule has 2 aliphatic rings. The highest BCUT2D eigenvalue weighted by Gasteiger charge is 2.44. The van der Waals surface area contributed by atoms with Gasteiger partial charge in [0.2, 0.25) is 10.8 Å². The summed E-state index contributed by atoms with van der Waals surface area (Å²) in [4.78, 5) is 7.63. The zero-order valence-corrected chi connectivity index (χ0v) is 16.7. The average molecular weight is 402 g/mol. The lowest BCUT2D eigenvalue weighted by molar-refractivity contribution is -0.933. The number of hydrogen-bond acceptors (Lipinski definition) is 6. The number of benzene rings is 1. The first-order chi connectivity index (χ1) is 13.7. The molecular formula is C20H25N4O3S+. The summed E-state index contributed by atoms with van der Waals surface area (Å²) in [6.07, 6.45) is 2.49. The molecule has 2 N–H and O–H groups in total. The van der Waals surface area contributed by atoms with Gasteiger partial charge in [0.05, 0.1) is 39.1 Å². The van der Waals surface area contributed by atoms with Crippen molar-refractivity contribution in [3.8, 4) is 5.88 Å². The van der Waals surface area contributed by atoms with Gasteiger partial charge in [0.15, 0.2) is 17.7 Å². The lowest BCUT2D eigenvalue weighted by Crippen LogP contribution is -3.14. The van der Waals surface area contributed by atoms with Gasteiger partial charge in [-0.15, -0.1) is 5.10 Å². The van der Waals surface area contributed by atoms with Crippen LogP contribution in [0, 0.1) is 0 Å². The first-order valence-electron chi connectivity index (χ1n) is 9.94. The summed E-state index contributed by atoms with van der Waals surface area (Å²) < 4.78 is 13.4. The molecule has 2 aliphatic heterocycles. The highest BCUT2D eigenvalue weighted by molar-refractivity contribution is 7.17. The average Bonchev–Trinajstić information content (AvgIpc) is 3.42. The molecule has 0 radical (unpaired) electrons. The SMILES string of the molecule is CCc1nc2sc([C@@H](c3ccccc3)[NH+]3CCC4(CC3)OCCO4)c(O)n2n1. The Kier molecular flexibility index (Phi) is 4.59. The normalized spacial score (nSPS) is 20.9. The summed E-state index contributed by atoms with van der Waals surface area (Å²) in [5, 5.41) is 15.4. The van der Waals surface area contributed by atoms with Gasteiger partial charge < -0.3 is 19.5 Å². The van der Waals surface area contributed by atoms with E-state index in [4.69, 9.17) is 9.47 Å². The molecule has 3 aromatic rings. The molecule has 0 bridgehead atoms. The molecule has 2 fully saturated rings. The maximum absolute atomic E-state index is 11.0. The third-order valence-electron chi connectivity index (χ3n) is 5.83. The van der Waals surface area contributed by atoms with Gasteiger partial charge in [-0.1, -0.05) is 48.6 Å². The molecule has 0 aliphatic carbocycles. The highest BCUT2D eigenvalue weighted by Crippen LogP contribution is 2.36. The van der Waals surface area contributed by atoms with Crippen LogP contribution < -0.4 is 4.90 Å². The van der Waals surface area contributed by atoms with Crippen LogP contribution in [0.15, 0.2) is 30.3 Å². The smallest absolute Gasteiger partial charge is 0.235 e. The van der Waals surface area contributed by atoms with E-state index >= 15 is 0 Å². The van der Waals surface area contributed by atoms with Crippen molar-refractivity contribution in [3.05, 3.63) is 46.6 Å². The first kappa shape index (κ1) is 18.1. The number of piperidine rings is 1. The van der Waals surface area contributed by atoms with Gasteiger partial charge in [-0.25, -0.2) is 4.98 Å². The molecule has 1 spiro atoms. The summed E-state index contributed by atoms with van der Waals surface area (Å²) in [6.45, 7) is 5.24. The number of aromatic hydroxyl groups is 1. The van der Waals surface area contributed by atoms with Crippen molar-refractivity contribution in [2.75, 3.05) is 26.3 Å². The van der Waals surface area contributed by atoms with Crippen LogP contribution in [0.5, 0.6) is 5.88 Å². The molecule has 2 aromatic heterocycles. The monoisotopic (exact) mass is 401 g/mol. The molecule has 28 heavy (non-hydrogen) atoms. The molecule has 7 nitrogen and oxygen atoms in total. The van der Waals surface area contributed by atoms with E-state index in [1.807, 2.05) is 13.0 Å². The number of hydrogen-bond donors (Lipinski definition) is 2. The highest BCUT2D eigenvalue weighted by atomic mass is 32.1. The summed E-state index contributed by atoms with van der Waals surface area (Å²) >= 11 is 1.54. The standard InChI is InChI=1S/C20H24N4O3S/c1-2-15-21-19-24(22-15)18(25)17(28-19)16(14-6-4-3-5-7-14)23-10-8-20(9-11-23)26-12-13-27-20/h3-7,16,25H,2,8-13H2,1H3/p+1/t16-/m1/s1. The number of quaternary nitrogens is 1. The number of nitrogens with one attached hydrogen (secondary N) is 1. The van der Waals surface area contributed by atoms with Gasteiger partial charge in [0.25, 0.3) is 0 Å². The fourth-order valence-corrected chi connectivity index (χ4v) is 5.53. The van der Waals surface area contributed by atoms with Crippen molar-refractivity contribution < 1.29 is 19.5 Å². The number of nitrogens with zero attached hydrogens (tertiary/aromatic N) is 3. The van der Waals surface area contributed by atoms with Crippen LogP contribution in [0.4, 0.5) is 0 Å². The zero-order valence-electron chi connectivity index (χ0n) is 15.9. The fourth-order valence-electron chi connectivity index (χ4n) is 4.37. The predicted molar refractivity (Wildman–Crippen MR) is 105 cm³/mol. The van der Waals surface area contributed by atoms with Crippen LogP contribution in [-0.4, -0.2) is 51.8 Å². The molecule has 0 amide bonds. The van der Waals surface area contributed by atoms with E-state index < -0.39 is 5.79 Å². The minimum Gasteiger partial charge on any atom is -0.492 e. The zero-order chi connectivity index (χ0) is 19.1. The van der Waals surface area contributed by atoms with E-state index in [1.54, 1.807) is 4.52 Å². The second kappa shape index (κ2) is 7.11. The lowest BCUT2D eigenvalue weighted by atomic mass is 9.97. The fraction of sp³-hybridized carbons (Fsp3) is 0.500. The van der Waals surface area contributed by atoms with Gasteiger partial charge in [-0.3, -0.25) is 0 Å². The van der Waals surface area contributed by atoms with E-state index in [0.29, 0.717) is 13.2 Å². The second-order valence-electron chi connectivity index (χ2n) is 7.48. The molecule has 148 valence electrons. The van der Waals surface area contributed by atoms with Crippen molar-refractivity contribution in [1.29, 1.82) is 0 Å². The first-order valence-corrected chi connectivity index (χ1v) is 10.8. The topological polar surface area (TPSA) is 73.3 Å². The Labute approximate surface area is 167 Å². The van der Waals surface area contributed by atoms with E-state index in [0.717, 1.165) is 48.0 Å². The molecule has 1 atom stereocenters. The number of thiazole rings is 1. The Morgan fingerprint density at radius 3 is 2.57 bits per heavy atom. The Balaban J connectivity index is 1.51. The Morgan fingerprint density at radius 1 is 1.21 bits per heavy atom. The summed E-state index contributed by atoms with van der Waals surface area (Å²) in [6, 6.07) is 10.4. The molecule has 5 rings (SSSR count). The van der Waals surface area contributed by atoms with Crippen LogP contribution >= 0.6 is 11.3 Å². The Bertz CT molecular complexity index is 955. The van der Waals surface area contributed by atoms with Gasteiger partial charge in [0.1, 0.15) is 4.88 Å². The van der Waals surface area contributed by atoms with Crippen molar-refractivity contribution in [1.82, 2.24) is 14.6 Å². The molecule has 2 saturated heterocycles. The van der Waals surface area contributed by atoms with Gasteiger partial charge in [-0.05, 0) is 0 Å². The summed E-state index contributed by atoms with van der Waals surface area (Å²) in [7, 11) is 0. The molecule has 4 heterocycles. The number of rotatable bonds is 4. The van der Waals surface area contributed by atoms with Crippen LogP contribution in [0.2, 0.25) is 0 Å². The summed E-state index contributed by atoms with van der Waals surface area (Å²) in [5.41, 5.74) is 1.19. The number of likely N-dealkylation sites (tertiary alicyclic amines) is 1. The van der Waals surface area contributed by atoms with Crippen molar-refractivity contribution in [2.24, 2.45) is 0 Å². The van der Waals surface area contributed by atoms with Crippen LogP contribution in [0.25, 0.3) is 4.96 Å². The molecular weight excluding hydrogens is 376 g/mol. The second-order valence-corrected chi connectivity index (χ2v) is 8.48. The van der Waals surface area contributed by atoms with E-state index in [2.05, 4.69) is 34.3 Å². The maximum Gasteiger partial charge on any atom is 0.235 e. The van der Waals surface area contributed by atoms with Crippen molar-refractivity contribution >= 4 is 16.3 Å². The number of aryl methyl sites for hydroxylation is 1. The predicted octanol–water partition coefficient (Wildman–Crippen LogP) is 1.57. The molecule has 1 aromatic carbocycles. The number of aromatic nitrogens is 3. The lowest BCUT2D eigenvalue weighted by Gasteiger charge is -2.38. The van der Waals surface area contributed by atoms with E-state index in [9.17, 15) is 5.11 Å². The van der Waals surface area contributed by atoms with E-state index in [-0.39, 0.29) is 11.9 Å². The Morgan fingerprint density at radius 2 is 1.93 bits per heavy atom. The van der Waals surface area contributed by atoms with Gasteiger partial charge >= 0.3 is 0 Å². The van der Waals surface area contributed by atoms with Crippen LogP contribution in [0.3, 0.4) is 0 Å². The summed E-state index contributed by atoms with van der Waals surface area (Å²) in [5.74, 6) is 0.573. The van der Waals surface area contributed by atoms with Gasteiger partial charge in [-0.2, -0.15) is 4.52 Å². The molecule has 0 saturated carbocycles. The molecule has 8 heteroatoms. The largest absolute Gasteiger partial charge is 0.492 e. The minimum atomic E-state index is -0.394. The van der Waals surface area contributed by atoms with Crippen LogP contribution in [0.1, 0.15) is 42.1 Å². The quantitative estimate of drug-likeness (QED) is 0.694. The van der Waals surface area contributed by atoms with E-state index in [1.165, 1.54) is 21.8 Å². The third-order valence-corrected chi connectivity index (χ3v) is 6.92. The molecule has 0 unspecified atom stereocenters. The number of fused-ring (bicyclic) bond motifs is 1. The minimum absolute atomic E-state index is 0.0403. The van der Waals surface area contributed by atoms with Crippen molar-refractivity contribution in [3.63, 3.8) is 0 Å².